The van der Waals surface area contributed by atoms with E-state index < -0.39 is 0 Å². The maximum Gasteiger partial charge on any atom is 0.164 e. The number of nitrogens with one attached hydrogen (secondary N) is 1. The summed E-state index contributed by atoms with van der Waals surface area (Å²) in [6, 6.07) is 2.06. The molecule has 18 heavy (non-hydrogen) atoms. The zero-order valence-electron chi connectivity index (χ0n) is 10.0. The summed E-state index contributed by atoms with van der Waals surface area (Å²) < 4.78 is 0. The molecule has 0 spiro atoms. The molecule has 0 amide bonds. The van der Waals surface area contributed by atoms with Gasteiger partial charge in [-0.05, 0) is 30.9 Å². The van der Waals surface area contributed by atoms with Crippen molar-refractivity contribution in [2.45, 2.75) is 13.8 Å². The van der Waals surface area contributed by atoms with Gasteiger partial charge >= 0.3 is 0 Å². The Bertz CT molecular complexity index is 714. The predicted octanol–water partition coefficient (Wildman–Crippen LogP) is 3.32. The van der Waals surface area contributed by atoms with Crippen molar-refractivity contribution in [3.05, 3.63) is 27.3 Å². The SMILES string of the molecule is Cc1cc2c(NN)nc(-c3cscc3C)nc2s1. The van der Waals surface area contributed by atoms with E-state index in [0.717, 1.165) is 21.6 Å². The van der Waals surface area contributed by atoms with Crippen LogP contribution in [0.15, 0.2) is 16.8 Å². The van der Waals surface area contributed by atoms with E-state index >= 15 is 0 Å². The Hall–Kier alpha value is -1.50. The maximum atomic E-state index is 5.55. The number of anilines is 1. The second-order valence-corrected chi connectivity index (χ2v) is 6.06. The van der Waals surface area contributed by atoms with Crippen LogP contribution in [0.5, 0.6) is 0 Å². The zero-order chi connectivity index (χ0) is 12.7. The summed E-state index contributed by atoms with van der Waals surface area (Å²) in [6.45, 7) is 4.12. The van der Waals surface area contributed by atoms with Crippen LogP contribution in [0, 0.1) is 13.8 Å². The van der Waals surface area contributed by atoms with Crippen LogP contribution in [-0.2, 0) is 0 Å². The quantitative estimate of drug-likeness (QED) is 0.556. The third kappa shape index (κ3) is 1.78. The van der Waals surface area contributed by atoms with Gasteiger partial charge < -0.3 is 5.43 Å². The molecule has 92 valence electrons. The fourth-order valence-corrected chi connectivity index (χ4v) is 3.57. The lowest BCUT2D eigenvalue weighted by atomic mass is 10.2. The van der Waals surface area contributed by atoms with Gasteiger partial charge in [0.15, 0.2) is 11.6 Å². The summed E-state index contributed by atoms with van der Waals surface area (Å²) in [5.41, 5.74) is 4.93. The van der Waals surface area contributed by atoms with Crippen LogP contribution in [0.2, 0.25) is 0 Å². The average Bonchev–Trinajstić information content (AvgIpc) is 2.92. The number of hydrazine groups is 1. The Morgan fingerprint density at radius 2 is 2.06 bits per heavy atom. The first kappa shape index (κ1) is 11.6. The molecular formula is C12H12N4S2. The highest BCUT2D eigenvalue weighted by Crippen LogP contribution is 2.32. The lowest BCUT2D eigenvalue weighted by Crippen LogP contribution is -2.09. The third-order valence-electron chi connectivity index (χ3n) is 2.75. The van der Waals surface area contributed by atoms with Crippen LogP contribution in [0.3, 0.4) is 0 Å². The lowest BCUT2D eigenvalue weighted by molar-refractivity contribution is 1.19. The van der Waals surface area contributed by atoms with Gasteiger partial charge in [-0.15, -0.1) is 11.3 Å². The van der Waals surface area contributed by atoms with E-state index in [0.29, 0.717) is 5.82 Å². The first-order chi connectivity index (χ1) is 8.69. The molecule has 0 saturated carbocycles. The van der Waals surface area contributed by atoms with Crippen molar-refractivity contribution < 1.29 is 0 Å². The summed E-state index contributed by atoms with van der Waals surface area (Å²) in [7, 11) is 0. The molecule has 3 heterocycles. The summed E-state index contributed by atoms with van der Waals surface area (Å²) in [5, 5.41) is 5.15. The molecule has 3 rings (SSSR count). The first-order valence-electron chi connectivity index (χ1n) is 5.47. The zero-order valence-corrected chi connectivity index (χ0v) is 11.7. The molecule has 0 saturated heterocycles. The molecule has 0 aromatic carbocycles. The third-order valence-corrected chi connectivity index (χ3v) is 4.55. The van der Waals surface area contributed by atoms with E-state index in [2.05, 4.69) is 46.1 Å². The fraction of sp³-hybridized carbons (Fsp3) is 0.167. The van der Waals surface area contributed by atoms with Crippen molar-refractivity contribution in [3.63, 3.8) is 0 Å². The molecule has 0 aliphatic heterocycles. The number of hydrogen-bond donors (Lipinski definition) is 2. The highest BCUT2D eigenvalue weighted by molar-refractivity contribution is 7.18. The van der Waals surface area contributed by atoms with Crippen LogP contribution in [-0.4, -0.2) is 9.97 Å². The van der Waals surface area contributed by atoms with Crippen molar-refractivity contribution in [3.8, 4) is 11.4 Å². The molecule has 0 unspecified atom stereocenters. The number of nitrogens with two attached hydrogens (primary N) is 1. The van der Waals surface area contributed by atoms with E-state index in [1.807, 2.05) is 0 Å². The van der Waals surface area contributed by atoms with Crippen molar-refractivity contribution >= 4 is 38.7 Å². The number of aromatic nitrogens is 2. The largest absolute Gasteiger partial charge is 0.308 e. The standard InChI is InChI=1S/C12H12N4S2/c1-6-4-17-5-9(6)10-14-11(16-13)8-3-7(2)18-12(8)15-10/h3-5H,13H2,1-2H3,(H,14,15,16). The molecule has 0 atom stereocenters. The maximum absolute atomic E-state index is 5.55. The Balaban J connectivity index is 2.28. The highest BCUT2D eigenvalue weighted by Gasteiger charge is 2.12. The number of thiophene rings is 2. The number of hydrogen-bond acceptors (Lipinski definition) is 6. The number of rotatable bonds is 2. The first-order valence-corrected chi connectivity index (χ1v) is 7.23. The van der Waals surface area contributed by atoms with E-state index in [1.54, 1.807) is 22.7 Å². The summed E-state index contributed by atoms with van der Waals surface area (Å²) in [5.74, 6) is 6.97. The predicted molar refractivity (Wildman–Crippen MR) is 78.0 cm³/mol. The van der Waals surface area contributed by atoms with Gasteiger partial charge in [0.05, 0.1) is 5.39 Å². The average molecular weight is 276 g/mol. The number of fused-ring (bicyclic) bond motifs is 1. The molecule has 0 aliphatic carbocycles. The van der Waals surface area contributed by atoms with Gasteiger partial charge in [0, 0.05) is 15.8 Å². The van der Waals surface area contributed by atoms with Gasteiger partial charge in [0.25, 0.3) is 0 Å². The molecule has 3 aromatic heterocycles. The Labute approximate surface area is 112 Å². The van der Waals surface area contributed by atoms with Crippen molar-refractivity contribution in [2.24, 2.45) is 5.84 Å². The van der Waals surface area contributed by atoms with Crippen molar-refractivity contribution in [1.82, 2.24) is 9.97 Å². The van der Waals surface area contributed by atoms with Crippen molar-refractivity contribution in [1.29, 1.82) is 0 Å². The Morgan fingerprint density at radius 1 is 1.22 bits per heavy atom. The van der Waals surface area contributed by atoms with Gasteiger partial charge in [-0.2, -0.15) is 11.3 Å². The molecule has 0 bridgehead atoms. The molecule has 0 aliphatic rings. The molecular weight excluding hydrogens is 264 g/mol. The van der Waals surface area contributed by atoms with E-state index in [9.17, 15) is 0 Å². The van der Waals surface area contributed by atoms with Gasteiger partial charge in [-0.1, -0.05) is 0 Å². The summed E-state index contributed by atoms with van der Waals surface area (Å²) >= 11 is 3.31. The summed E-state index contributed by atoms with van der Waals surface area (Å²) in [6.07, 6.45) is 0. The highest BCUT2D eigenvalue weighted by atomic mass is 32.1. The molecule has 3 N–H and O–H groups in total. The molecule has 3 aromatic rings. The summed E-state index contributed by atoms with van der Waals surface area (Å²) in [4.78, 5) is 11.3. The van der Waals surface area contributed by atoms with Gasteiger partial charge in [0.1, 0.15) is 4.83 Å². The number of nitrogens with zero attached hydrogens (tertiary/aromatic N) is 2. The second kappa shape index (κ2) is 4.31. The van der Waals surface area contributed by atoms with Crippen LogP contribution in [0.1, 0.15) is 10.4 Å². The van der Waals surface area contributed by atoms with E-state index in [4.69, 9.17) is 5.84 Å². The number of nitrogen functional groups attached to an aromatic ring is 1. The smallest absolute Gasteiger partial charge is 0.164 e. The van der Waals surface area contributed by atoms with Crippen molar-refractivity contribution in [2.75, 3.05) is 5.43 Å². The molecule has 0 fully saturated rings. The van der Waals surface area contributed by atoms with Crippen LogP contribution >= 0.6 is 22.7 Å². The molecule has 6 heteroatoms. The Kier molecular flexibility index (Phi) is 2.77. The lowest BCUT2D eigenvalue weighted by Gasteiger charge is -2.04. The van der Waals surface area contributed by atoms with Crippen LogP contribution in [0.4, 0.5) is 5.82 Å². The topological polar surface area (TPSA) is 63.8 Å². The molecule has 0 radical (unpaired) electrons. The van der Waals surface area contributed by atoms with Crippen LogP contribution < -0.4 is 11.3 Å². The second-order valence-electron chi connectivity index (χ2n) is 4.08. The van der Waals surface area contributed by atoms with Crippen LogP contribution in [0.25, 0.3) is 21.6 Å². The number of aryl methyl sites for hydroxylation is 2. The fourth-order valence-electron chi connectivity index (χ4n) is 1.86. The Morgan fingerprint density at radius 3 is 2.72 bits per heavy atom. The van der Waals surface area contributed by atoms with Gasteiger partial charge in [0.2, 0.25) is 0 Å². The minimum absolute atomic E-state index is 0.685. The minimum atomic E-state index is 0.685. The van der Waals surface area contributed by atoms with E-state index in [1.165, 1.54) is 10.4 Å². The van der Waals surface area contributed by atoms with E-state index in [-0.39, 0.29) is 0 Å². The minimum Gasteiger partial charge on any atom is -0.308 e. The normalized spacial score (nSPS) is 11.1. The monoisotopic (exact) mass is 276 g/mol. The molecule has 4 nitrogen and oxygen atoms in total. The van der Waals surface area contributed by atoms with Gasteiger partial charge in [-0.3, -0.25) is 0 Å². The van der Waals surface area contributed by atoms with Gasteiger partial charge in [-0.25, -0.2) is 15.8 Å².